The van der Waals surface area contributed by atoms with E-state index in [-0.39, 0.29) is 35.7 Å². The molecule has 74 heavy (non-hydrogen) atoms. The Kier molecular flexibility index (Phi) is 17.3. The summed E-state index contributed by atoms with van der Waals surface area (Å²) in [5.74, 6) is -2.80. The molecule has 2 aromatic heterocycles. The van der Waals surface area contributed by atoms with Gasteiger partial charge >= 0.3 is 0 Å². The van der Waals surface area contributed by atoms with E-state index < -0.39 is 35.5 Å². The zero-order chi connectivity index (χ0) is 51.6. The monoisotopic (exact) mass is 1010 g/mol. The SMILES string of the molecule is NC(=O)[C@@H](NC(=O)[C@@H]1CCCC[C@H]1N1CCN(Cc2cnc3ccccc3c2)CC1)c1ccc(F)cc1.NC(=O)[C@@H](NC(=O)[C@H]1CCCC[C@@H]1N1CCN(Cc2cnc3ccccc3c2)CC1)c1ccc(F)cc1. The van der Waals surface area contributed by atoms with E-state index in [0.717, 1.165) is 139 Å². The zero-order valence-corrected chi connectivity index (χ0v) is 42.0. The number of halogens is 2. The highest BCUT2D eigenvalue weighted by molar-refractivity contribution is 5.90. The molecule has 2 saturated carbocycles. The number of carbonyl (C=O) groups excluding carboxylic acids is 4. The quantitative estimate of drug-likeness (QED) is 0.0908. The number of amides is 4. The number of aromatic nitrogens is 2. The number of benzene rings is 4. The molecule has 0 radical (unpaired) electrons. The van der Waals surface area contributed by atoms with Gasteiger partial charge in [-0.25, -0.2) is 8.78 Å². The first-order valence-corrected chi connectivity index (χ1v) is 26.3. The number of nitrogens with two attached hydrogens (primary N) is 2. The van der Waals surface area contributed by atoms with Crippen LogP contribution < -0.4 is 22.1 Å². The Labute approximate surface area is 431 Å². The third-order valence-corrected chi connectivity index (χ3v) is 15.5. The van der Waals surface area contributed by atoms with Crippen LogP contribution in [0.4, 0.5) is 8.78 Å². The van der Waals surface area contributed by atoms with Gasteiger partial charge in [0.15, 0.2) is 0 Å². The van der Waals surface area contributed by atoms with Gasteiger partial charge in [0, 0.05) is 101 Å². The molecule has 6 atom stereocenters. The van der Waals surface area contributed by atoms with Crippen LogP contribution in [-0.4, -0.2) is 118 Å². The molecular weight excluding hydrogens is 939 g/mol. The molecule has 14 nitrogen and oxygen atoms in total. The van der Waals surface area contributed by atoms with E-state index >= 15 is 0 Å². The van der Waals surface area contributed by atoms with Gasteiger partial charge in [0.1, 0.15) is 23.7 Å². The van der Waals surface area contributed by atoms with Crippen molar-refractivity contribution in [3.63, 3.8) is 0 Å². The van der Waals surface area contributed by atoms with Gasteiger partial charge in [-0.1, -0.05) is 86.3 Å². The number of primary amides is 2. The second kappa shape index (κ2) is 24.5. The first kappa shape index (κ1) is 52.2. The van der Waals surface area contributed by atoms with Gasteiger partial charge in [0.2, 0.25) is 23.6 Å². The first-order chi connectivity index (χ1) is 35.9. The Hall–Kier alpha value is -6.72. The summed E-state index contributed by atoms with van der Waals surface area (Å²) in [5.41, 5.74) is 16.6. The number of fused-ring (bicyclic) bond motifs is 2. The number of rotatable bonds is 14. The molecule has 2 aliphatic heterocycles. The number of hydrogen-bond acceptors (Lipinski definition) is 10. The van der Waals surface area contributed by atoms with Crippen molar-refractivity contribution in [2.75, 3.05) is 52.4 Å². The third-order valence-electron chi connectivity index (χ3n) is 15.5. The number of piperazine rings is 2. The van der Waals surface area contributed by atoms with Crippen molar-refractivity contribution in [1.29, 1.82) is 0 Å². The number of para-hydroxylation sites is 2. The highest BCUT2D eigenvalue weighted by atomic mass is 19.1. The Morgan fingerprint density at radius 1 is 0.514 bits per heavy atom. The molecule has 2 aliphatic carbocycles. The lowest BCUT2D eigenvalue weighted by Gasteiger charge is -2.44. The number of pyridine rings is 2. The van der Waals surface area contributed by atoms with Crippen molar-refractivity contribution in [3.8, 4) is 0 Å². The van der Waals surface area contributed by atoms with Crippen molar-refractivity contribution >= 4 is 45.4 Å². The molecule has 10 rings (SSSR count). The molecule has 4 aliphatic rings. The summed E-state index contributed by atoms with van der Waals surface area (Å²) in [7, 11) is 0. The van der Waals surface area contributed by atoms with Crippen LogP contribution >= 0.6 is 0 Å². The lowest BCUT2D eigenvalue weighted by molar-refractivity contribution is -0.133. The van der Waals surface area contributed by atoms with Crippen LogP contribution in [0.1, 0.15) is 85.7 Å². The summed E-state index contributed by atoms with van der Waals surface area (Å²) in [4.78, 5) is 70.0. The van der Waals surface area contributed by atoms with Crippen LogP contribution in [0.3, 0.4) is 0 Å². The lowest BCUT2D eigenvalue weighted by Crippen LogP contribution is -2.55. The van der Waals surface area contributed by atoms with Crippen molar-refractivity contribution in [2.45, 2.75) is 88.6 Å². The van der Waals surface area contributed by atoms with Crippen molar-refractivity contribution in [1.82, 2.24) is 40.2 Å². The summed E-state index contributed by atoms with van der Waals surface area (Å²) in [6, 6.07) is 30.2. The average Bonchev–Trinajstić information content (AvgIpc) is 3.43. The highest BCUT2D eigenvalue weighted by Gasteiger charge is 2.39. The fourth-order valence-corrected chi connectivity index (χ4v) is 11.6. The normalized spacial score (nSPS) is 22.0. The van der Waals surface area contributed by atoms with E-state index in [9.17, 15) is 28.0 Å². The van der Waals surface area contributed by atoms with Gasteiger partial charge in [-0.05, 0) is 96.5 Å². The fourth-order valence-electron chi connectivity index (χ4n) is 11.6. The minimum atomic E-state index is -0.969. The molecule has 388 valence electrons. The highest BCUT2D eigenvalue weighted by Crippen LogP contribution is 2.33. The molecule has 6 aromatic rings. The zero-order valence-electron chi connectivity index (χ0n) is 42.0. The van der Waals surface area contributed by atoms with Crippen molar-refractivity contribution in [2.24, 2.45) is 23.3 Å². The largest absolute Gasteiger partial charge is 0.368 e. The summed E-state index contributed by atoms with van der Waals surface area (Å²) in [6.07, 6.45) is 11.6. The summed E-state index contributed by atoms with van der Waals surface area (Å²) in [6.45, 7) is 9.01. The topological polar surface area (TPSA) is 183 Å². The predicted octanol–water partition coefficient (Wildman–Crippen LogP) is 6.79. The van der Waals surface area contributed by atoms with Gasteiger partial charge in [0.05, 0.1) is 22.9 Å². The number of nitrogens with one attached hydrogen (secondary N) is 2. The molecule has 0 spiro atoms. The fraction of sp³-hybridized carbons (Fsp3) is 0.414. The van der Waals surface area contributed by atoms with Gasteiger partial charge in [-0.2, -0.15) is 0 Å². The summed E-state index contributed by atoms with van der Waals surface area (Å²) >= 11 is 0. The molecule has 4 amide bonds. The molecule has 4 aromatic carbocycles. The van der Waals surface area contributed by atoms with Crippen LogP contribution in [0, 0.1) is 23.5 Å². The van der Waals surface area contributed by atoms with Gasteiger partial charge in [-0.3, -0.25) is 48.7 Å². The maximum absolute atomic E-state index is 13.4. The van der Waals surface area contributed by atoms with E-state index in [2.05, 4.69) is 64.5 Å². The van der Waals surface area contributed by atoms with E-state index in [4.69, 9.17) is 11.5 Å². The Balaban J connectivity index is 0.000000182. The van der Waals surface area contributed by atoms with Gasteiger partial charge in [-0.15, -0.1) is 0 Å². The molecule has 16 heteroatoms. The van der Waals surface area contributed by atoms with Gasteiger partial charge < -0.3 is 22.1 Å². The Bertz CT molecular complexity index is 2680. The van der Waals surface area contributed by atoms with Crippen LogP contribution in [0.15, 0.2) is 122 Å². The van der Waals surface area contributed by atoms with E-state index in [1.54, 1.807) is 0 Å². The van der Waals surface area contributed by atoms with Gasteiger partial charge in [0.25, 0.3) is 0 Å². The molecule has 0 bridgehead atoms. The molecule has 4 fully saturated rings. The third kappa shape index (κ3) is 13.1. The number of hydrogen-bond donors (Lipinski definition) is 4. The molecule has 2 saturated heterocycles. The Morgan fingerprint density at radius 3 is 1.26 bits per heavy atom. The summed E-state index contributed by atoms with van der Waals surface area (Å²) < 4.78 is 26.7. The lowest BCUT2D eigenvalue weighted by atomic mass is 9.82. The van der Waals surface area contributed by atoms with Crippen LogP contribution in [-0.2, 0) is 32.3 Å². The predicted molar refractivity (Wildman–Crippen MR) is 282 cm³/mol. The van der Waals surface area contributed by atoms with Crippen molar-refractivity contribution in [3.05, 3.63) is 155 Å². The second-order valence-electron chi connectivity index (χ2n) is 20.4. The standard InChI is InChI=1S/2C29H34FN5O2/c2*30-23-11-9-21(10-12-23)27(28(31)36)33-29(37)24-6-2-4-8-26(24)35-15-13-34(14-16-35)19-20-17-22-5-1-3-7-25(22)32-18-20/h2*1,3,5,7,9-12,17-18,24,26-27H,2,4,6,8,13-16,19H2,(H2,31,36)(H,33,37)/t24-,26-,27+;24-,26-,27-/m10/s1. The first-order valence-electron chi connectivity index (χ1n) is 26.3. The van der Waals surface area contributed by atoms with E-state index in [1.165, 1.54) is 59.7 Å². The minimum Gasteiger partial charge on any atom is -0.368 e. The van der Waals surface area contributed by atoms with Crippen LogP contribution in [0.25, 0.3) is 21.8 Å². The van der Waals surface area contributed by atoms with E-state index in [1.807, 2.05) is 48.8 Å². The maximum Gasteiger partial charge on any atom is 0.244 e. The molecule has 0 unspecified atom stereocenters. The minimum absolute atomic E-state index is 0.139. The molecular formula is C58H68F2N10O4. The van der Waals surface area contributed by atoms with Crippen LogP contribution in [0.5, 0.6) is 0 Å². The Morgan fingerprint density at radius 2 is 0.878 bits per heavy atom. The molecule has 6 N–H and O–H groups in total. The number of nitrogens with zero attached hydrogens (tertiary/aromatic N) is 6. The molecule has 4 heterocycles. The average molecular weight is 1010 g/mol. The smallest absolute Gasteiger partial charge is 0.244 e. The summed E-state index contributed by atoms with van der Waals surface area (Å²) in [5, 5.41) is 8.05. The van der Waals surface area contributed by atoms with Crippen LogP contribution in [0.2, 0.25) is 0 Å². The van der Waals surface area contributed by atoms with Crippen molar-refractivity contribution < 1.29 is 28.0 Å². The van der Waals surface area contributed by atoms with E-state index in [0.29, 0.717) is 11.1 Å². The number of carbonyl (C=O) groups is 4. The second-order valence-corrected chi connectivity index (χ2v) is 20.4. The maximum atomic E-state index is 13.4.